The van der Waals surface area contributed by atoms with E-state index in [0.29, 0.717) is 22.7 Å². The number of rotatable bonds is 6. The summed E-state index contributed by atoms with van der Waals surface area (Å²) in [6.07, 6.45) is 0. The average molecular weight is 418 g/mol. The van der Waals surface area contributed by atoms with Crippen LogP contribution in [0.5, 0.6) is 11.5 Å². The largest absolute Gasteiger partial charge is 0.496 e. The first-order valence-electron chi connectivity index (χ1n) is 9.67. The van der Waals surface area contributed by atoms with Crippen LogP contribution in [-0.4, -0.2) is 37.1 Å². The van der Waals surface area contributed by atoms with Gasteiger partial charge in [-0.05, 0) is 72.3 Å². The van der Waals surface area contributed by atoms with Crippen LogP contribution in [-0.2, 0) is 13.7 Å². The van der Waals surface area contributed by atoms with Crippen molar-refractivity contribution in [1.29, 1.82) is 0 Å². The minimum atomic E-state index is -0.353. The number of aromatic nitrogens is 6. The van der Waals surface area contributed by atoms with E-state index in [2.05, 4.69) is 20.6 Å². The number of ether oxygens (including phenoxy) is 2. The van der Waals surface area contributed by atoms with E-state index in [4.69, 9.17) is 9.47 Å². The summed E-state index contributed by atoms with van der Waals surface area (Å²) >= 11 is 0. The SMILES string of the molecule is COc1cccc(-n2nnn(C)c2=O)c1COc1ccc(-c2ccc(C)nn2)cc1C. The Labute approximate surface area is 178 Å². The van der Waals surface area contributed by atoms with Gasteiger partial charge in [0.2, 0.25) is 0 Å². The van der Waals surface area contributed by atoms with Gasteiger partial charge in [0.15, 0.2) is 0 Å². The van der Waals surface area contributed by atoms with E-state index in [-0.39, 0.29) is 12.3 Å². The Morgan fingerprint density at radius 1 is 0.968 bits per heavy atom. The molecule has 0 spiro atoms. The molecule has 9 nitrogen and oxygen atoms in total. The van der Waals surface area contributed by atoms with Crippen LogP contribution in [0, 0.1) is 13.8 Å². The van der Waals surface area contributed by atoms with Gasteiger partial charge in [0.1, 0.15) is 18.1 Å². The molecule has 0 saturated heterocycles. The normalized spacial score (nSPS) is 10.8. The predicted octanol–water partition coefficient (Wildman–Crippen LogP) is 2.63. The standard InChI is InChI=1S/C22H22N6O3/c1-14-12-16(18-10-8-15(2)23-24-18)9-11-20(14)31-13-17-19(6-5-7-21(17)30-4)28-22(29)27(3)25-26-28/h5-12H,13H2,1-4H3. The molecule has 0 atom stereocenters. The molecular weight excluding hydrogens is 396 g/mol. The molecule has 2 aromatic carbocycles. The molecule has 0 aliphatic heterocycles. The minimum Gasteiger partial charge on any atom is -0.496 e. The van der Waals surface area contributed by atoms with Crippen molar-refractivity contribution in [3.63, 3.8) is 0 Å². The fraction of sp³-hybridized carbons (Fsp3) is 0.227. The lowest BCUT2D eigenvalue weighted by atomic mass is 10.1. The maximum absolute atomic E-state index is 12.4. The van der Waals surface area contributed by atoms with Gasteiger partial charge in [-0.3, -0.25) is 0 Å². The van der Waals surface area contributed by atoms with Gasteiger partial charge >= 0.3 is 5.69 Å². The van der Waals surface area contributed by atoms with Crippen molar-refractivity contribution in [1.82, 2.24) is 30.0 Å². The van der Waals surface area contributed by atoms with Gasteiger partial charge < -0.3 is 9.47 Å². The summed E-state index contributed by atoms with van der Waals surface area (Å²) in [6.45, 7) is 4.06. The van der Waals surface area contributed by atoms with E-state index in [0.717, 1.165) is 22.5 Å². The summed E-state index contributed by atoms with van der Waals surface area (Å²) < 4.78 is 14.0. The summed E-state index contributed by atoms with van der Waals surface area (Å²) in [5.74, 6) is 1.31. The third-order valence-corrected chi connectivity index (χ3v) is 4.92. The van der Waals surface area contributed by atoms with Crippen LogP contribution in [0.3, 0.4) is 0 Å². The number of hydrogen-bond donors (Lipinski definition) is 0. The second-order valence-electron chi connectivity index (χ2n) is 7.08. The van der Waals surface area contributed by atoms with E-state index in [1.165, 1.54) is 9.36 Å². The van der Waals surface area contributed by atoms with Gasteiger partial charge in [-0.15, -0.1) is 0 Å². The first-order valence-corrected chi connectivity index (χ1v) is 9.67. The van der Waals surface area contributed by atoms with Crippen LogP contribution in [0.15, 0.2) is 53.3 Å². The van der Waals surface area contributed by atoms with Crippen molar-refractivity contribution in [2.75, 3.05) is 7.11 Å². The molecule has 0 amide bonds. The van der Waals surface area contributed by atoms with Crippen LogP contribution >= 0.6 is 0 Å². The molecule has 0 N–H and O–H groups in total. The van der Waals surface area contributed by atoms with Crippen molar-refractivity contribution in [3.8, 4) is 28.4 Å². The predicted molar refractivity (Wildman–Crippen MR) is 114 cm³/mol. The molecular formula is C22H22N6O3. The maximum Gasteiger partial charge on any atom is 0.368 e. The first-order chi connectivity index (χ1) is 15.0. The van der Waals surface area contributed by atoms with Crippen LogP contribution in [0.25, 0.3) is 16.9 Å². The van der Waals surface area contributed by atoms with Crippen molar-refractivity contribution < 1.29 is 9.47 Å². The monoisotopic (exact) mass is 418 g/mol. The van der Waals surface area contributed by atoms with Gasteiger partial charge in [-0.1, -0.05) is 6.07 Å². The lowest BCUT2D eigenvalue weighted by molar-refractivity contribution is 0.294. The van der Waals surface area contributed by atoms with Gasteiger partial charge in [-0.2, -0.15) is 19.6 Å². The minimum absolute atomic E-state index is 0.187. The fourth-order valence-electron chi connectivity index (χ4n) is 3.23. The quantitative estimate of drug-likeness (QED) is 0.475. The van der Waals surface area contributed by atoms with Crippen molar-refractivity contribution in [3.05, 3.63) is 75.8 Å². The summed E-state index contributed by atoms with van der Waals surface area (Å²) in [7, 11) is 3.12. The molecule has 0 aliphatic carbocycles. The summed E-state index contributed by atoms with van der Waals surface area (Å²) in [6, 6.07) is 15.1. The zero-order valence-corrected chi connectivity index (χ0v) is 17.7. The van der Waals surface area contributed by atoms with Gasteiger partial charge in [-0.25, -0.2) is 4.79 Å². The number of tetrazole rings is 1. The van der Waals surface area contributed by atoms with E-state index < -0.39 is 0 Å². The number of benzene rings is 2. The Morgan fingerprint density at radius 2 is 1.81 bits per heavy atom. The average Bonchev–Trinajstić information content (AvgIpc) is 3.11. The highest BCUT2D eigenvalue weighted by atomic mass is 16.5. The smallest absolute Gasteiger partial charge is 0.368 e. The van der Waals surface area contributed by atoms with E-state index in [1.807, 2.05) is 50.2 Å². The molecule has 0 fully saturated rings. The Morgan fingerprint density at radius 3 is 2.45 bits per heavy atom. The lowest BCUT2D eigenvalue weighted by Crippen LogP contribution is -2.23. The molecule has 0 bridgehead atoms. The molecule has 4 aromatic rings. The fourth-order valence-corrected chi connectivity index (χ4v) is 3.23. The highest BCUT2D eigenvalue weighted by Gasteiger charge is 2.16. The topological polar surface area (TPSA) is 97.0 Å². The Bertz CT molecular complexity index is 1280. The van der Waals surface area contributed by atoms with Crippen LogP contribution < -0.4 is 15.2 Å². The second-order valence-corrected chi connectivity index (χ2v) is 7.08. The highest BCUT2D eigenvalue weighted by Crippen LogP contribution is 2.29. The van der Waals surface area contributed by atoms with E-state index >= 15 is 0 Å². The lowest BCUT2D eigenvalue weighted by Gasteiger charge is -2.15. The second kappa shape index (κ2) is 8.39. The molecule has 0 aliphatic rings. The van der Waals surface area contributed by atoms with Crippen LogP contribution in [0.2, 0.25) is 0 Å². The number of aryl methyl sites for hydroxylation is 3. The van der Waals surface area contributed by atoms with Gasteiger partial charge in [0, 0.05) is 12.6 Å². The highest BCUT2D eigenvalue weighted by molar-refractivity contribution is 5.61. The number of nitrogens with zero attached hydrogens (tertiary/aromatic N) is 6. The van der Waals surface area contributed by atoms with Crippen molar-refractivity contribution in [2.24, 2.45) is 7.05 Å². The number of hydrogen-bond acceptors (Lipinski definition) is 7. The maximum atomic E-state index is 12.4. The first kappa shape index (κ1) is 20.3. The molecule has 0 saturated carbocycles. The third-order valence-electron chi connectivity index (χ3n) is 4.92. The van der Waals surface area contributed by atoms with Crippen molar-refractivity contribution in [2.45, 2.75) is 20.5 Å². The molecule has 4 rings (SSSR count). The zero-order chi connectivity index (χ0) is 22.0. The van der Waals surface area contributed by atoms with Gasteiger partial charge in [0.05, 0.1) is 29.7 Å². The third kappa shape index (κ3) is 4.02. The Kier molecular flexibility index (Phi) is 5.48. The molecule has 2 heterocycles. The summed E-state index contributed by atoms with van der Waals surface area (Å²) in [5.41, 5.74) is 4.48. The Balaban J connectivity index is 1.63. The van der Waals surface area contributed by atoms with E-state index in [1.54, 1.807) is 26.3 Å². The Hall–Kier alpha value is -4.01. The molecule has 31 heavy (non-hydrogen) atoms. The van der Waals surface area contributed by atoms with Crippen LogP contribution in [0.1, 0.15) is 16.8 Å². The van der Waals surface area contributed by atoms with Gasteiger partial charge in [0.25, 0.3) is 0 Å². The zero-order valence-electron chi connectivity index (χ0n) is 17.7. The van der Waals surface area contributed by atoms with Crippen LogP contribution in [0.4, 0.5) is 0 Å². The molecule has 158 valence electrons. The summed E-state index contributed by atoms with van der Waals surface area (Å²) in [4.78, 5) is 12.4. The molecule has 2 aromatic heterocycles. The van der Waals surface area contributed by atoms with Crippen molar-refractivity contribution >= 4 is 0 Å². The summed E-state index contributed by atoms with van der Waals surface area (Å²) in [5, 5.41) is 16.1. The molecule has 0 unspecified atom stereocenters. The molecule has 9 heteroatoms. The molecule has 0 radical (unpaired) electrons. The van der Waals surface area contributed by atoms with E-state index in [9.17, 15) is 4.79 Å². The number of methoxy groups -OCH3 is 1.